The fourth-order valence-electron chi connectivity index (χ4n) is 4.29. The van der Waals surface area contributed by atoms with Crippen molar-refractivity contribution in [3.8, 4) is 5.75 Å². The van der Waals surface area contributed by atoms with E-state index in [1.165, 1.54) is 22.8 Å². The highest BCUT2D eigenvalue weighted by molar-refractivity contribution is 5.95. The van der Waals surface area contributed by atoms with Gasteiger partial charge in [-0.2, -0.15) is 0 Å². The zero-order valence-corrected chi connectivity index (χ0v) is 22.0. The second-order valence-corrected chi connectivity index (χ2v) is 11.0. The number of carbonyl (C=O) groups excluding carboxylic acids is 1. The average molecular weight is 451 g/mol. The van der Waals surface area contributed by atoms with E-state index in [9.17, 15) is 4.79 Å². The summed E-state index contributed by atoms with van der Waals surface area (Å²) in [5, 5.41) is 0. The molecule has 0 heterocycles. The molecular weight excluding hydrogens is 408 g/mol. The van der Waals surface area contributed by atoms with Gasteiger partial charge in [-0.25, -0.2) is 0 Å². The maximum absolute atomic E-state index is 12.0. The number of benzene rings is 2. The third-order valence-electron chi connectivity index (χ3n) is 6.32. The van der Waals surface area contributed by atoms with Crippen molar-refractivity contribution in [3.05, 3.63) is 77.9 Å². The van der Waals surface area contributed by atoms with Crippen molar-refractivity contribution < 1.29 is 14.3 Å². The SMILES string of the molecule is C=CC(=O)C(C)(C)OC(C)CC(C)(C)Oc1ccc(C(C)(C)c2ccc(C(C)C)cc2)cc1. The van der Waals surface area contributed by atoms with Crippen molar-refractivity contribution in [1.82, 2.24) is 0 Å². The molecule has 33 heavy (non-hydrogen) atoms. The molecule has 0 saturated carbocycles. The Hall–Kier alpha value is -2.39. The molecule has 0 aliphatic carbocycles. The zero-order chi connectivity index (χ0) is 25.0. The van der Waals surface area contributed by atoms with Crippen LogP contribution in [0.25, 0.3) is 0 Å². The molecule has 3 nitrogen and oxygen atoms in total. The van der Waals surface area contributed by atoms with Gasteiger partial charge in [-0.05, 0) is 75.4 Å². The van der Waals surface area contributed by atoms with Crippen LogP contribution < -0.4 is 4.74 Å². The molecule has 0 N–H and O–H groups in total. The normalized spacial score (nSPS) is 13.6. The second-order valence-electron chi connectivity index (χ2n) is 11.0. The minimum atomic E-state index is -0.891. The van der Waals surface area contributed by atoms with Gasteiger partial charge in [0.2, 0.25) is 0 Å². The van der Waals surface area contributed by atoms with Gasteiger partial charge < -0.3 is 9.47 Å². The predicted octanol–water partition coefficient (Wildman–Crippen LogP) is 7.62. The molecule has 0 bridgehead atoms. The van der Waals surface area contributed by atoms with Gasteiger partial charge in [0.15, 0.2) is 5.78 Å². The molecular formula is C30H42O3. The zero-order valence-electron chi connectivity index (χ0n) is 22.0. The molecule has 1 atom stereocenters. The first-order chi connectivity index (χ1) is 15.2. The summed E-state index contributed by atoms with van der Waals surface area (Å²) in [6, 6.07) is 17.3. The molecule has 0 fully saturated rings. The molecule has 2 aromatic carbocycles. The van der Waals surface area contributed by atoms with Crippen LogP contribution in [-0.2, 0) is 14.9 Å². The van der Waals surface area contributed by atoms with Crippen LogP contribution in [0.1, 0.15) is 91.3 Å². The fourth-order valence-corrected chi connectivity index (χ4v) is 4.29. The number of ether oxygens (including phenoxy) is 2. The maximum Gasteiger partial charge on any atom is 0.186 e. The van der Waals surface area contributed by atoms with Crippen LogP contribution in [0.2, 0.25) is 0 Å². The number of hydrogen-bond acceptors (Lipinski definition) is 3. The van der Waals surface area contributed by atoms with Crippen LogP contribution in [0, 0.1) is 0 Å². The van der Waals surface area contributed by atoms with Crippen LogP contribution in [-0.4, -0.2) is 23.1 Å². The first-order valence-corrected chi connectivity index (χ1v) is 11.9. The number of ketones is 1. The van der Waals surface area contributed by atoms with Gasteiger partial charge in [0.05, 0.1) is 6.10 Å². The Bertz CT molecular complexity index is 932. The van der Waals surface area contributed by atoms with Gasteiger partial charge in [-0.15, -0.1) is 0 Å². The monoisotopic (exact) mass is 450 g/mol. The van der Waals surface area contributed by atoms with Gasteiger partial charge in [-0.3, -0.25) is 4.79 Å². The lowest BCUT2D eigenvalue weighted by Crippen LogP contribution is -2.40. The highest BCUT2D eigenvalue weighted by Crippen LogP contribution is 2.34. The molecule has 0 radical (unpaired) electrons. The van der Waals surface area contributed by atoms with Gasteiger partial charge in [0.1, 0.15) is 17.0 Å². The fraction of sp³-hybridized carbons (Fsp3) is 0.500. The van der Waals surface area contributed by atoms with E-state index < -0.39 is 11.2 Å². The molecule has 180 valence electrons. The van der Waals surface area contributed by atoms with Crippen molar-refractivity contribution in [2.45, 2.75) is 97.4 Å². The van der Waals surface area contributed by atoms with Crippen molar-refractivity contribution in [3.63, 3.8) is 0 Å². The van der Waals surface area contributed by atoms with Gasteiger partial charge in [0, 0.05) is 11.8 Å². The first-order valence-electron chi connectivity index (χ1n) is 11.9. The van der Waals surface area contributed by atoms with Crippen molar-refractivity contribution in [2.24, 2.45) is 0 Å². The number of rotatable bonds is 11. The molecule has 0 amide bonds. The van der Waals surface area contributed by atoms with Crippen molar-refractivity contribution in [2.75, 3.05) is 0 Å². The molecule has 0 spiro atoms. The van der Waals surface area contributed by atoms with E-state index in [0.717, 1.165) is 5.75 Å². The summed E-state index contributed by atoms with van der Waals surface area (Å²) in [5.41, 5.74) is 2.45. The minimum absolute atomic E-state index is 0.102. The molecule has 0 aliphatic heterocycles. The highest BCUT2D eigenvalue weighted by Gasteiger charge is 2.32. The topological polar surface area (TPSA) is 35.5 Å². The van der Waals surface area contributed by atoms with Gasteiger partial charge in [-0.1, -0.05) is 70.7 Å². The lowest BCUT2D eigenvalue weighted by atomic mass is 9.77. The van der Waals surface area contributed by atoms with E-state index in [-0.39, 0.29) is 17.3 Å². The molecule has 1 unspecified atom stereocenters. The van der Waals surface area contributed by atoms with Crippen LogP contribution in [0.3, 0.4) is 0 Å². The van der Waals surface area contributed by atoms with Crippen LogP contribution in [0.15, 0.2) is 61.2 Å². The summed E-state index contributed by atoms with van der Waals surface area (Å²) < 4.78 is 12.3. The Kier molecular flexibility index (Phi) is 8.35. The first kappa shape index (κ1) is 26.9. The lowest BCUT2D eigenvalue weighted by Gasteiger charge is -2.33. The largest absolute Gasteiger partial charge is 0.488 e. The van der Waals surface area contributed by atoms with E-state index >= 15 is 0 Å². The molecule has 0 aromatic heterocycles. The summed E-state index contributed by atoms with van der Waals surface area (Å²) >= 11 is 0. The molecule has 0 saturated heterocycles. The third kappa shape index (κ3) is 7.04. The van der Waals surface area contributed by atoms with Crippen LogP contribution >= 0.6 is 0 Å². The van der Waals surface area contributed by atoms with Gasteiger partial charge >= 0.3 is 0 Å². The number of carbonyl (C=O) groups is 1. The highest BCUT2D eigenvalue weighted by atomic mass is 16.5. The standard InChI is InChI=1S/C30H42O3/c1-11-27(31)30(9,10)32-22(4)20-28(5,6)33-26-18-16-25(17-19-26)29(7,8)24-14-12-23(13-15-24)21(2)3/h11-19,21-22H,1,20H2,2-10H3. The van der Waals surface area contributed by atoms with Crippen molar-refractivity contribution >= 4 is 5.78 Å². The summed E-state index contributed by atoms with van der Waals surface area (Å²) in [6.45, 7) is 22.1. The quantitative estimate of drug-likeness (QED) is 0.330. The average Bonchev–Trinajstić information content (AvgIpc) is 2.72. The summed E-state index contributed by atoms with van der Waals surface area (Å²) in [6.07, 6.45) is 1.82. The van der Waals surface area contributed by atoms with Crippen molar-refractivity contribution in [1.29, 1.82) is 0 Å². The molecule has 0 aliphatic rings. The van der Waals surface area contributed by atoms with E-state index in [1.807, 2.05) is 32.9 Å². The molecule has 2 rings (SSSR count). The number of hydrogen-bond donors (Lipinski definition) is 0. The summed E-state index contributed by atoms with van der Waals surface area (Å²) in [5.74, 6) is 1.23. The smallest absolute Gasteiger partial charge is 0.186 e. The minimum Gasteiger partial charge on any atom is -0.488 e. The van der Waals surface area contributed by atoms with Crippen LogP contribution in [0.5, 0.6) is 5.75 Å². The molecule has 2 aromatic rings. The summed E-state index contributed by atoms with van der Waals surface area (Å²) in [4.78, 5) is 12.0. The van der Waals surface area contributed by atoms with E-state index in [4.69, 9.17) is 9.47 Å². The Morgan fingerprint density at radius 3 is 1.82 bits per heavy atom. The predicted molar refractivity (Wildman–Crippen MR) is 138 cm³/mol. The lowest BCUT2D eigenvalue weighted by molar-refractivity contribution is -0.144. The second kappa shape index (κ2) is 10.3. The molecule has 3 heteroatoms. The van der Waals surface area contributed by atoms with Gasteiger partial charge in [0.25, 0.3) is 0 Å². The third-order valence-corrected chi connectivity index (χ3v) is 6.32. The summed E-state index contributed by atoms with van der Waals surface area (Å²) in [7, 11) is 0. The van der Waals surface area contributed by atoms with E-state index in [2.05, 4.69) is 70.7 Å². The Morgan fingerprint density at radius 2 is 1.36 bits per heavy atom. The Balaban J connectivity index is 2.08. The van der Waals surface area contributed by atoms with E-state index in [0.29, 0.717) is 12.3 Å². The Morgan fingerprint density at radius 1 is 0.879 bits per heavy atom. The maximum atomic E-state index is 12.0. The van der Waals surface area contributed by atoms with E-state index in [1.54, 1.807) is 13.8 Å². The Labute approximate surface area is 201 Å². The van der Waals surface area contributed by atoms with Crippen LogP contribution in [0.4, 0.5) is 0 Å².